The first-order valence-electron chi connectivity index (χ1n) is 9.37. The summed E-state index contributed by atoms with van der Waals surface area (Å²) >= 11 is 0. The van der Waals surface area contributed by atoms with E-state index in [4.69, 9.17) is 9.47 Å². The number of carbonyl (C=O) groups is 1. The maximum absolute atomic E-state index is 13.0. The molecular weight excluding hydrogens is 461 g/mol. The van der Waals surface area contributed by atoms with Crippen molar-refractivity contribution >= 4 is 27.3 Å². The highest BCUT2D eigenvalue weighted by Gasteiger charge is 2.32. The Kier molecular flexibility index (Phi) is 6.82. The van der Waals surface area contributed by atoms with Gasteiger partial charge in [-0.3, -0.25) is 9.52 Å². The van der Waals surface area contributed by atoms with Crippen molar-refractivity contribution in [1.82, 2.24) is 0 Å². The molecule has 0 bridgehead atoms. The van der Waals surface area contributed by atoms with E-state index in [0.29, 0.717) is 23.3 Å². The number of nitrogens with one attached hydrogen (secondary N) is 2. The van der Waals surface area contributed by atoms with E-state index >= 15 is 0 Å². The second-order valence-electron chi connectivity index (χ2n) is 6.70. The monoisotopic (exact) mass is 480 g/mol. The summed E-state index contributed by atoms with van der Waals surface area (Å²) in [6.07, 6.45) is -4.71. The van der Waals surface area contributed by atoms with Gasteiger partial charge < -0.3 is 14.8 Å². The van der Waals surface area contributed by atoms with E-state index in [1.165, 1.54) is 38.5 Å². The minimum absolute atomic E-state index is 0.0501. The number of ether oxygens (including phenoxy) is 2. The topological polar surface area (TPSA) is 93.7 Å². The molecule has 0 saturated heterocycles. The average Bonchev–Trinajstić information content (AvgIpc) is 2.79. The lowest BCUT2D eigenvalue weighted by Gasteiger charge is -2.15. The Morgan fingerprint density at radius 1 is 0.879 bits per heavy atom. The van der Waals surface area contributed by atoms with Crippen LogP contribution in [0.5, 0.6) is 11.5 Å². The zero-order valence-electron chi connectivity index (χ0n) is 17.4. The number of methoxy groups -OCH3 is 2. The molecule has 0 atom stereocenters. The summed E-state index contributed by atoms with van der Waals surface area (Å²) in [7, 11) is -1.54. The molecule has 0 unspecified atom stereocenters. The van der Waals surface area contributed by atoms with Crippen LogP contribution in [0.4, 0.5) is 24.5 Å². The molecule has 33 heavy (non-hydrogen) atoms. The molecule has 0 radical (unpaired) electrons. The number of alkyl halides is 3. The van der Waals surface area contributed by atoms with Crippen molar-refractivity contribution in [2.75, 3.05) is 24.3 Å². The zero-order valence-corrected chi connectivity index (χ0v) is 18.3. The van der Waals surface area contributed by atoms with E-state index in [0.717, 1.165) is 18.2 Å². The molecule has 1 amide bonds. The largest absolute Gasteiger partial charge is 0.497 e. The molecule has 3 rings (SSSR count). The highest BCUT2D eigenvalue weighted by atomic mass is 32.2. The summed E-state index contributed by atoms with van der Waals surface area (Å²) in [5.41, 5.74) is -0.965. The Balaban J connectivity index is 1.90. The van der Waals surface area contributed by atoms with Crippen LogP contribution in [0, 0.1) is 0 Å². The molecule has 3 aromatic carbocycles. The van der Waals surface area contributed by atoms with Gasteiger partial charge in [-0.2, -0.15) is 13.2 Å². The van der Waals surface area contributed by atoms with Crippen LogP contribution in [-0.2, 0) is 16.2 Å². The van der Waals surface area contributed by atoms with Gasteiger partial charge >= 0.3 is 6.18 Å². The summed E-state index contributed by atoms with van der Waals surface area (Å²) in [6, 6.07) is 13.7. The fourth-order valence-corrected chi connectivity index (χ4v) is 4.03. The first-order valence-corrected chi connectivity index (χ1v) is 10.9. The van der Waals surface area contributed by atoms with Gasteiger partial charge in [-0.05, 0) is 42.5 Å². The van der Waals surface area contributed by atoms with Crippen molar-refractivity contribution in [1.29, 1.82) is 0 Å². The summed E-state index contributed by atoms with van der Waals surface area (Å²) in [5, 5.41) is 2.62. The molecule has 3 aromatic rings. The Morgan fingerprint density at radius 2 is 1.61 bits per heavy atom. The first-order chi connectivity index (χ1) is 15.5. The lowest BCUT2D eigenvalue weighted by Crippen LogP contribution is -2.19. The van der Waals surface area contributed by atoms with Crippen LogP contribution in [-0.4, -0.2) is 28.5 Å². The predicted octanol–water partition coefficient (Wildman–Crippen LogP) is 4.78. The maximum atomic E-state index is 13.0. The normalized spacial score (nSPS) is 11.5. The van der Waals surface area contributed by atoms with Gasteiger partial charge in [0.2, 0.25) is 0 Å². The quantitative estimate of drug-likeness (QED) is 0.508. The minimum Gasteiger partial charge on any atom is -0.497 e. The number of carbonyl (C=O) groups excluding carboxylic acids is 1. The van der Waals surface area contributed by atoms with E-state index in [-0.39, 0.29) is 11.3 Å². The third kappa shape index (κ3) is 5.55. The van der Waals surface area contributed by atoms with Crippen LogP contribution in [0.3, 0.4) is 0 Å². The second-order valence-corrected chi connectivity index (χ2v) is 8.38. The van der Waals surface area contributed by atoms with E-state index in [9.17, 15) is 26.4 Å². The van der Waals surface area contributed by atoms with Crippen LogP contribution in [0.25, 0.3) is 0 Å². The van der Waals surface area contributed by atoms with Crippen LogP contribution < -0.4 is 19.5 Å². The third-order valence-electron chi connectivity index (χ3n) is 4.54. The number of para-hydroxylation sites is 1. The zero-order chi connectivity index (χ0) is 24.2. The van der Waals surface area contributed by atoms with E-state index in [1.54, 1.807) is 18.2 Å². The Labute approximate surface area is 188 Å². The number of hydrogen-bond donors (Lipinski definition) is 2. The number of rotatable bonds is 7. The highest BCUT2D eigenvalue weighted by Crippen LogP contribution is 2.32. The smallest absolute Gasteiger partial charge is 0.416 e. The molecule has 0 aliphatic carbocycles. The van der Waals surface area contributed by atoms with Crippen molar-refractivity contribution < 1.29 is 35.9 Å². The molecule has 0 aromatic heterocycles. The Hall–Kier alpha value is -3.73. The van der Waals surface area contributed by atoms with Crippen molar-refractivity contribution in [3.8, 4) is 11.5 Å². The highest BCUT2D eigenvalue weighted by molar-refractivity contribution is 7.92. The summed E-state index contributed by atoms with van der Waals surface area (Å²) < 4.78 is 77.0. The van der Waals surface area contributed by atoms with Crippen LogP contribution in [0.1, 0.15) is 15.9 Å². The minimum atomic E-state index is -4.71. The summed E-state index contributed by atoms with van der Waals surface area (Å²) in [4.78, 5) is 12.3. The molecule has 0 aliphatic rings. The number of hydrogen-bond acceptors (Lipinski definition) is 5. The fourth-order valence-electron chi connectivity index (χ4n) is 2.90. The van der Waals surface area contributed by atoms with Gasteiger partial charge in [0.25, 0.3) is 15.9 Å². The maximum Gasteiger partial charge on any atom is 0.416 e. The molecule has 2 N–H and O–H groups in total. The number of amides is 1. The third-order valence-corrected chi connectivity index (χ3v) is 5.91. The number of sulfonamides is 1. The molecule has 7 nitrogen and oxygen atoms in total. The molecular formula is C22H19F3N2O5S. The van der Waals surface area contributed by atoms with E-state index < -0.39 is 32.6 Å². The molecule has 174 valence electrons. The van der Waals surface area contributed by atoms with E-state index in [1.807, 2.05) is 0 Å². The molecule has 0 fully saturated rings. The van der Waals surface area contributed by atoms with Gasteiger partial charge in [0.15, 0.2) is 0 Å². The van der Waals surface area contributed by atoms with Gasteiger partial charge in [-0.1, -0.05) is 18.2 Å². The van der Waals surface area contributed by atoms with Crippen molar-refractivity contribution in [3.05, 3.63) is 77.9 Å². The summed E-state index contributed by atoms with van der Waals surface area (Å²) in [5.74, 6) is 0.143. The van der Waals surface area contributed by atoms with Gasteiger partial charge in [0, 0.05) is 6.07 Å². The fraction of sp³-hybridized carbons (Fsp3) is 0.136. The van der Waals surface area contributed by atoms with Gasteiger partial charge in [-0.15, -0.1) is 0 Å². The second kappa shape index (κ2) is 9.41. The molecule has 0 spiro atoms. The molecule has 0 saturated carbocycles. The van der Waals surface area contributed by atoms with Crippen LogP contribution >= 0.6 is 0 Å². The number of benzene rings is 3. The molecule has 0 aliphatic heterocycles. The molecule has 0 heterocycles. The first kappa shape index (κ1) is 23.9. The van der Waals surface area contributed by atoms with Gasteiger partial charge in [-0.25, -0.2) is 8.42 Å². The number of anilines is 2. The van der Waals surface area contributed by atoms with Crippen molar-refractivity contribution in [3.63, 3.8) is 0 Å². The van der Waals surface area contributed by atoms with Crippen molar-refractivity contribution in [2.24, 2.45) is 0 Å². The number of halogens is 3. The summed E-state index contributed by atoms with van der Waals surface area (Å²) in [6.45, 7) is 0. The Morgan fingerprint density at radius 3 is 2.27 bits per heavy atom. The Bertz CT molecular complexity index is 1280. The van der Waals surface area contributed by atoms with Gasteiger partial charge in [0.1, 0.15) is 11.5 Å². The predicted molar refractivity (Wildman–Crippen MR) is 116 cm³/mol. The van der Waals surface area contributed by atoms with Gasteiger partial charge in [0.05, 0.1) is 41.6 Å². The van der Waals surface area contributed by atoms with Crippen molar-refractivity contribution in [2.45, 2.75) is 11.1 Å². The van der Waals surface area contributed by atoms with E-state index in [2.05, 4.69) is 10.0 Å². The standard InChI is InChI=1S/C22H19F3N2O5S/c1-31-15-10-11-19(20(13-15)32-2)26-21(28)17-8-3-4-9-18(17)27-33(29,30)16-7-5-6-14(12-16)22(23,24)25/h3-13,27H,1-2H3,(H,26,28). The molecule has 11 heteroatoms. The SMILES string of the molecule is COc1ccc(NC(=O)c2ccccc2NS(=O)(=O)c2cccc(C(F)(F)F)c2)c(OC)c1. The van der Waals surface area contributed by atoms with Crippen LogP contribution in [0.15, 0.2) is 71.6 Å². The lowest BCUT2D eigenvalue weighted by molar-refractivity contribution is -0.137. The lowest BCUT2D eigenvalue weighted by atomic mass is 10.1. The van der Waals surface area contributed by atoms with Crippen LogP contribution in [0.2, 0.25) is 0 Å². The average molecular weight is 480 g/mol.